The van der Waals surface area contributed by atoms with Crippen LogP contribution in [0.2, 0.25) is 0 Å². The van der Waals surface area contributed by atoms with E-state index in [-0.39, 0.29) is 19.0 Å². The second kappa shape index (κ2) is 5.87. The van der Waals surface area contributed by atoms with Crippen molar-refractivity contribution in [1.29, 1.82) is 0 Å². The molecule has 21 heavy (non-hydrogen) atoms. The molecule has 1 unspecified atom stereocenters. The zero-order valence-corrected chi connectivity index (χ0v) is 11.9. The highest BCUT2D eigenvalue weighted by Gasteiger charge is 2.38. The number of carbonyl (C=O) groups excluding carboxylic acids is 1. The van der Waals surface area contributed by atoms with Crippen molar-refractivity contribution in [3.63, 3.8) is 0 Å². The Labute approximate surface area is 120 Å². The first kappa shape index (κ1) is 15.5. The topological polar surface area (TPSA) is 58.1 Å². The van der Waals surface area contributed by atoms with E-state index in [1.54, 1.807) is 13.0 Å². The minimum atomic E-state index is -4.37. The molecule has 1 saturated heterocycles. The van der Waals surface area contributed by atoms with E-state index < -0.39 is 18.6 Å². The number of carbonyl (C=O) groups is 1. The lowest BCUT2D eigenvalue weighted by atomic mass is 10.2. The summed E-state index contributed by atoms with van der Waals surface area (Å²) >= 11 is 0. The molecule has 1 fully saturated rings. The summed E-state index contributed by atoms with van der Waals surface area (Å²) in [5, 5.41) is 3.02. The van der Waals surface area contributed by atoms with E-state index in [9.17, 15) is 18.0 Å². The summed E-state index contributed by atoms with van der Waals surface area (Å²) in [5.74, 6) is 0.644. The smallest absolute Gasteiger partial charge is 0.365 e. The van der Waals surface area contributed by atoms with Crippen molar-refractivity contribution in [2.75, 3.05) is 18.4 Å². The second-order valence-corrected chi connectivity index (χ2v) is 5.08. The van der Waals surface area contributed by atoms with Crippen LogP contribution < -0.4 is 5.32 Å². The molecule has 5 nitrogen and oxygen atoms in total. The fourth-order valence-electron chi connectivity index (χ4n) is 2.33. The molecule has 0 radical (unpaired) electrons. The number of nitrogens with zero attached hydrogens (tertiary/aromatic N) is 3. The lowest BCUT2D eigenvalue weighted by Gasteiger charge is -2.19. The van der Waals surface area contributed by atoms with Gasteiger partial charge in [-0.1, -0.05) is 6.92 Å². The van der Waals surface area contributed by atoms with Crippen molar-refractivity contribution >= 4 is 11.7 Å². The van der Waals surface area contributed by atoms with Gasteiger partial charge in [0, 0.05) is 24.7 Å². The molecule has 2 heterocycles. The number of likely N-dealkylation sites (tertiary alicyclic amines) is 1. The molecule has 1 aromatic heterocycles. The number of anilines is 1. The Hall–Kier alpha value is -1.86. The Morgan fingerprint density at radius 2 is 2.14 bits per heavy atom. The molecule has 1 aliphatic rings. The van der Waals surface area contributed by atoms with Gasteiger partial charge in [0.15, 0.2) is 0 Å². The monoisotopic (exact) mass is 302 g/mol. The largest absolute Gasteiger partial charge is 0.406 e. The molecule has 0 bridgehead atoms. The number of rotatable bonds is 4. The number of amides is 1. The molecular formula is C13H17F3N4O. The van der Waals surface area contributed by atoms with Crippen molar-refractivity contribution in [3.05, 3.63) is 17.6 Å². The van der Waals surface area contributed by atoms with E-state index in [0.717, 1.165) is 17.0 Å². The number of aromatic nitrogens is 2. The van der Waals surface area contributed by atoms with Gasteiger partial charge in [0.2, 0.25) is 5.91 Å². The minimum Gasteiger partial charge on any atom is -0.365 e. The molecule has 2 rings (SSSR count). The summed E-state index contributed by atoms with van der Waals surface area (Å²) in [6, 6.07) is 1.39. The van der Waals surface area contributed by atoms with E-state index in [4.69, 9.17) is 0 Å². The van der Waals surface area contributed by atoms with E-state index in [2.05, 4.69) is 15.3 Å². The highest BCUT2D eigenvalue weighted by Crippen LogP contribution is 2.22. The summed E-state index contributed by atoms with van der Waals surface area (Å²) in [6.45, 7) is 2.53. The third-order valence-electron chi connectivity index (χ3n) is 3.19. The first-order chi connectivity index (χ1) is 9.76. The highest BCUT2D eigenvalue weighted by atomic mass is 19.4. The average molecular weight is 302 g/mol. The van der Waals surface area contributed by atoms with Crippen molar-refractivity contribution in [2.45, 2.75) is 38.9 Å². The first-order valence-electron chi connectivity index (χ1n) is 6.72. The maximum Gasteiger partial charge on any atom is 0.406 e. The summed E-state index contributed by atoms with van der Waals surface area (Å²) in [4.78, 5) is 20.8. The van der Waals surface area contributed by atoms with Crippen LogP contribution >= 0.6 is 0 Å². The number of aryl methyl sites for hydroxylation is 2. The number of nitrogens with one attached hydrogen (secondary N) is 1. The third kappa shape index (κ3) is 4.30. The fraction of sp³-hybridized carbons (Fsp3) is 0.615. The maximum absolute atomic E-state index is 12.4. The molecule has 8 heteroatoms. The van der Waals surface area contributed by atoms with Crippen molar-refractivity contribution in [2.24, 2.45) is 0 Å². The van der Waals surface area contributed by atoms with Crippen LogP contribution in [-0.4, -0.2) is 46.1 Å². The van der Waals surface area contributed by atoms with Gasteiger partial charge in [-0.05, 0) is 13.3 Å². The number of halogens is 3. The van der Waals surface area contributed by atoms with E-state index in [0.29, 0.717) is 11.6 Å². The van der Waals surface area contributed by atoms with Gasteiger partial charge in [-0.25, -0.2) is 9.97 Å². The van der Waals surface area contributed by atoms with Gasteiger partial charge in [0.25, 0.3) is 0 Å². The molecule has 1 aliphatic heterocycles. The molecule has 0 saturated carbocycles. The second-order valence-electron chi connectivity index (χ2n) is 5.08. The molecule has 0 spiro atoms. The molecule has 1 atom stereocenters. The maximum atomic E-state index is 12.4. The summed E-state index contributed by atoms with van der Waals surface area (Å²) < 4.78 is 37.1. The van der Waals surface area contributed by atoms with Crippen molar-refractivity contribution < 1.29 is 18.0 Å². The van der Waals surface area contributed by atoms with Gasteiger partial charge >= 0.3 is 6.18 Å². The standard InChI is InChI=1S/C13H17F3N4O/c1-3-9-4-11(18-8(2)17-9)19-10-5-12(21)20(6-10)7-13(14,15)16/h4,10H,3,5-7H2,1-2H3,(H,17,18,19). The van der Waals surface area contributed by atoms with Gasteiger partial charge < -0.3 is 10.2 Å². The normalized spacial score (nSPS) is 19.2. The van der Waals surface area contributed by atoms with Crippen molar-refractivity contribution in [3.8, 4) is 0 Å². The van der Waals surface area contributed by atoms with Gasteiger partial charge in [0.1, 0.15) is 18.2 Å². The summed E-state index contributed by atoms with van der Waals surface area (Å²) in [5.41, 5.74) is 0.849. The van der Waals surface area contributed by atoms with Gasteiger partial charge in [0.05, 0.1) is 6.04 Å². The van der Waals surface area contributed by atoms with E-state index >= 15 is 0 Å². The molecule has 0 aromatic carbocycles. The van der Waals surface area contributed by atoms with E-state index in [1.165, 1.54) is 0 Å². The zero-order chi connectivity index (χ0) is 15.6. The third-order valence-corrected chi connectivity index (χ3v) is 3.19. The molecule has 1 amide bonds. The summed E-state index contributed by atoms with van der Waals surface area (Å²) in [6.07, 6.45) is -3.59. The molecule has 116 valence electrons. The van der Waals surface area contributed by atoms with Gasteiger partial charge in [-0.15, -0.1) is 0 Å². The Bertz CT molecular complexity index is 533. The predicted octanol–water partition coefficient (Wildman–Crippen LogP) is 1.92. The number of hydrogen-bond donors (Lipinski definition) is 1. The van der Waals surface area contributed by atoms with Crippen LogP contribution in [0, 0.1) is 6.92 Å². The average Bonchev–Trinajstić information content (AvgIpc) is 2.66. The minimum absolute atomic E-state index is 0.0306. The zero-order valence-electron chi connectivity index (χ0n) is 11.9. The van der Waals surface area contributed by atoms with Crippen molar-refractivity contribution in [1.82, 2.24) is 14.9 Å². The highest BCUT2D eigenvalue weighted by molar-refractivity contribution is 5.80. The summed E-state index contributed by atoms with van der Waals surface area (Å²) in [7, 11) is 0. The molecule has 0 aliphatic carbocycles. The first-order valence-corrected chi connectivity index (χ1v) is 6.72. The number of alkyl halides is 3. The number of hydrogen-bond acceptors (Lipinski definition) is 4. The fourth-order valence-corrected chi connectivity index (χ4v) is 2.33. The van der Waals surface area contributed by atoms with Crippen LogP contribution in [0.3, 0.4) is 0 Å². The molecule has 1 aromatic rings. The Morgan fingerprint density at radius 3 is 2.76 bits per heavy atom. The Morgan fingerprint density at radius 1 is 1.43 bits per heavy atom. The van der Waals surface area contributed by atoms with E-state index in [1.807, 2.05) is 6.92 Å². The van der Waals surface area contributed by atoms with Crippen LogP contribution in [0.1, 0.15) is 24.9 Å². The van der Waals surface area contributed by atoms with Gasteiger partial charge in [-0.3, -0.25) is 4.79 Å². The lowest BCUT2D eigenvalue weighted by Crippen LogP contribution is -2.36. The molecular weight excluding hydrogens is 285 g/mol. The van der Waals surface area contributed by atoms with Crippen LogP contribution in [-0.2, 0) is 11.2 Å². The van der Waals surface area contributed by atoms with Crippen LogP contribution in [0.4, 0.5) is 19.0 Å². The predicted molar refractivity (Wildman–Crippen MR) is 70.8 cm³/mol. The van der Waals surface area contributed by atoms with Crippen LogP contribution in [0.15, 0.2) is 6.07 Å². The van der Waals surface area contributed by atoms with Crippen LogP contribution in [0.5, 0.6) is 0 Å². The Kier molecular flexibility index (Phi) is 4.34. The van der Waals surface area contributed by atoms with Gasteiger partial charge in [-0.2, -0.15) is 13.2 Å². The Balaban J connectivity index is 2.02. The van der Waals surface area contributed by atoms with Crippen LogP contribution in [0.25, 0.3) is 0 Å². The quantitative estimate of drug-likeness (QED) is 0.923. The lowest BCUT2D eigenvalue weighted by molar-refractivity contribution is -0.157. The molecule has 1 N–H and O–H groups in total. The SMILES string of the molecule is CCc1cc(NC2CC(=O)N(CC(F)(F)F)C2)nc(C)n1.